The monoisotopic (exact) mass is 341 g/mol. The first-order chi connectivity index (χ1) is 12.1. The van der Waals surface area contributed by atoms with Crippen molar-refractivity contribution in [2.75, 3.05) is 13.1 Å². The molecule has 0 radical (unpaired) electrons. The Hall–Kier alpha value is -2.70. The lowest BCUT2D eigenvalue weighted by Crippen LogP contribution is -2.40. The van der Waals surface area contributed by atoms with E-state index in [2.05, 4.69) is 9.97 Å². The molecular weight excluding hydrogens is 318 g/mol. The summed E-state index contributed by atoms with van der Waals surface area (Å²) < 4.78 is 1.79. The van der Waals surface area contributed by atoms with Gasteiger partial charge in [0.2, 0.25) is 11.8 Å². The Balaban J connectivity index is 1.60. The number of nitrogens with zero attached hydrogens (tertiary/aromatic N) is 4. The predicted octanol–water partition coefficient (Wildman–Crippen LogP) is 1.10. The molecule has 3 rings (SSSR count). The van der Waals surface area contributed by atoms with Crippen LogP contribution in [0, 0.1) is 0 Å². The van der Waals surface area contributed by atoms with Crippen molar-refractivity contribution in [1.29, 1.82) is 0 Å². The zero-order valence-electron chi connectivity index (χ0n) is 14.2. The number of carbonyl (C=O) groups excluding carboxylic acids is 2. The molecule has 2 amide bonds. The summed E-state index contributed by atoms with van der Waals surface area (Å²) in [4.78, 5) is 34.1. The summed E-state index contributed by atoms with van der Waals surface area (Å²) in [6.07, 6.45) is 10.1. The molecule has 2 N–H and O–H groups in total. The van der Waals surface area contributed by atoms with Crippen LogP contribution in [-0.4, -0.2) is 44.3 Å². The van der Waals surface area contributed by atoms with Crippen LogP contribution in [0.3, 0.4) is 0 Å². The van der Waals surface area contributed by atoms with Gasteiger partial charge in [-0.3, -0.25) is 14.6 Å². The van der Waals surface area contributed by atoms with Gasteiger partial charge < -0.3 is 15.2 Å². The van der Waals surface area contributed by atoms with Gasteiger partial charge in [-0.15, -0.1) is 0 Å². The fourth-order valence-electron chi connectivity index (χ4n) is 3.36. The number of imidazole rings is 1. The first kappa shape index (κ1) is 17.1. The molecule has 1 aliphatic heterocycles. The number of carbonyl (C=O) groups is 2. The summed E-state index contributed by atoms with van der Waals surface area (Å²) in [6, 6.07) is 3.87. The van der Waals surface area contributed by atoms with Crippen LogP contribution in [0.1, 0.15) is 36.6 Å². The summed E-state index contributed by atoms with van der Waals surface area (Å²) in [5.74, 6) is 0.758. The van der Waals surface area contributed by atoms with Gasteiger partial charge in [0.05, 0.1) is 0 Å². The van der Waals surface area contributed by atoms with Gasteiger partial charge in [0.15, 0.2) is 0 Å². The van der Waals surface area contributed by atoms with Gasteiger partial charge in [-0.1, -0.05) is 0 Å². The minimum Gasteiger partial charge on any atom is -0.368 e. The Labute approximate surface area is 146 Å². The number of nitrogens with two attached hydrogens (primary N) is 1. The van der Waals surface area contributed by atoms with Crippen molar-refractivity contribution in [1.82, 2.24) is 19.4 Å². The van der Waals surface area contributed by atoms with Crippen LogP contribution in [0.15, 0.2) is 36.9 Å². The Morgan fingerprint density at radius 1 is 1.24 bits per heavy atom. The number of likely N-dealkylation sites (tertiary alicyclic amines) is 1. The van der Waals surface area contributed by atoms with E-state index in [9.17, 15) is 9.59 Å². The van der Waals surface area contributed by atoms with Gasteiger partial charge in [-0.25, -0.2) is 4.98 Å². The van der Waals surface area contributed by atoms with Crippen LogP contribution in [0.25, 0.3) is 0 Å². The Kier molecular flexibility index (Phi) is 5.42. The third-order valence-electron chi connectivity index (χ3n) is 4.59. The van der Waals surface area contributed by atoms with Crippen molar-refractivity contribution in [2.45, 2.75) is 38.1 Å². The van der Waals surface area contributed by atoms with Gasteiger partial charge in [-0.05, 0) is 37.0 Å². The minimum atomic E-state index is -0.389. The van der Waals surface area contributed by atoms with Gasteiger partial charge in [-0.2, -0.15) is 0 Å². The Morgan fingerprint density at radius 3 is 2.80 bits per heavy atom. The van der Waals surface area contributed by atoms with E-state index in [-0.39, 0.29) is 24.3 Å². The maximum atomic E-state index is 12.6. The van der Waals surface area contributed by atoms with Crippen LogP contribution < -0.4 is 5.73 Å². The number of amides is 2. The third kappa shape index (κ3) is 4.43. The molecule has 1 aliphatic rings. The second-order valence-electron chi connectivity index (χ2n) is 6.41. The van der Waals surface area contributed by atoms with Crippen molar-refractivity contribution in [2.24, 2.45) is 5.73 Å². The average molecular weight is 341 g/mol. The highest BCUT2D eigenvalue weighted by Crippen LogP contribution is 2.26. The van der Waals surface area contributed by atoms with E-state index >= 15 is 0 Å². The molecule has 0 aromatic carbocycles. The highest BCUT2D eigenvalue weighted by Gasteiger charge is 2.27. The maximum Gasteiger partial charge on any atom is 0.237 e. The molecular formula is C18H23N5O2. The lowest BCUT2D eigenvalue weighted by molar-refractivity contribution is -0.132. The van der Waals surface area contributed by atoms with E-state index in [1.165, 1.54) is 0 Å². The second kappa shape index (κ2) is 7.92. The first-order valence-electron chi connectivity index (χ1n) is 8.59. The van der Waals surface area contributed by atoms with E-state index < -0.39 is 0 Å². The summed E-state index contributed by atoms with van der Waals surface area (Å²) in [5, 5.41) is 0. The smallest absolute Gasteiger partial charge is 0.237 e. The molecule has 0 spiro atoms. The second-order valence-corrected chi connectivity index (χ2v) is 6.41. The fourth-order valence-corrected chi connectivity index (χ4v) is 3.36. The van der Waals surface area contributed by atoms with Crippen molar-refractivity contribution in [3.05, 3.63) is 48.3 Å². The normalized spacial score (nSPS) is 17.4. The molecule has 0 bridgehead atoms. The molecule has 3 heterocycles. The fraction of sp³-hybridized carbons (Fsp3) is 0.444. The molecule has 0 saturated carbocycles. The zero-order valence-corrected chi connectivity index (χ0v) is 14.2. The number of primary amides is 1. The van der Waals surface area contributed by atoms with E-state index in [1.54, 1.807) is 29.4 Å². The lowest BCUT2D eigenvalue weighted by atomic mass is 9.96. The number of rotatable bonds is 6. The van der Waals surface area contributed by atoms with Crippen LogP contribution in [0.2, 0.25) is 0 Å². The van der Waals surface area contributed by atoms with Crippen LogP contribution in [0.5, 0.6) is 0 Å². The van der Waals surface area contributed by atoms with E-state index in [0.29, 0.717) is 13.0 Å². The molecule has 1 saturated heterocycles. The number of hydrogen-bond donors (Lipinski definition) is 1. The number of hydrogen-bond acceptors (Lipinski definition) is 4. The van der Waals surface area contributed by atoms with Crippen molar-refractivity contribution >= 4 is 11.8 Å². The number of aromatic nitrogens is 3. The molecule has 7 heteroatoms. The van der Waals surface area contributed by atoms with E-state index in [4.69, 9.17) is 5.73 Å². The highest BCUT2D eigenvalue weighted by molar-refractivity contribution is 5.76. The topological polar surface area (TPSA) is 94.1 Å². The number of pyridine rings is 1. The van der Waals surface area contributed by atoms with Crippen LogP contribution in [-0.2, 0) is 22.6 Å². The molecule has 0 aliphatic carbocycles. The molecule has 2 aromatic rings. The molecule has 132 valence electrons. The summed E-state index contributed by atoms with van der Waals surface area (Å²) >= 11 is 0. The van der Waals surface area contributed by atoms with Crippen LogP contribution >= 0.6 is 0 Å². The lowest BCUT2D eigenvalue weighted by Gasteiger charge is -2.32. The molecule has 1 unspecified atom stereocenters. The van der Waals surface area contributed by atoms with E-state index in [0.717, 1.165) is 37.2 Å². The quantitative estimate of drug-likeness (QED) is 0.851. The predicted molar refractivity (Wildman–Crippen MR) is 92.5 cm³/mol. The number of aryl methyl sites for hydroxylation is 1. The summed E-state index contributed by atoms with van der Waals surface area (Å²) in [7, 11) is 0. The molecule has 7 nitrogen and oxygen atoms in total. The van der Waals surface area contributed by atoms with E-state index in [1.807, 2.05) is 17.0 Å². The largest absolute Gasteiger partial charge is 0.368 e. The standard InChI is InChI=1S/C18H23N5O2/c19-16(24)13-23-11-9-21-18(23)15-2-1-10-22(12-15)17(25)4-3-14-5-7-20-8-6-14/h5-9,11,15H,1-4,10,12-13H2,(H2,19,24). The average Bonchev–Trinajstić information content (AvgIpc) is 3.08. The van der Waals surface area contributed by atoms with Crippen molar-refractivity contribution in [3.63, 3.8) is 0 Å². The molecule has 1 atom stereocenters. The van der Waals surface area contributed by atoms with Crippen LogP contribution in [0.4, 0.5) is 0 Å². The maximum absolute atomic E-state index is 12.6. The number of piperidine rings is 1. The Morgan fingerprint density at radius 2 is 2.04 bits per heavy atom. The van der Waals surface area contributed by atoms with Gasteiger partial charge in [0, 0.05) is 50.2 Å². The SMILES string of the molecule is NC(=O)Cn1ccnc1C1CCCN(C(=O)CCc2ccncc2)C1. The third-order valence-corrected chi connectivity index (χ3v) is 4.59. The molecule has 25 heavy (non-hydrogen) atoms. The highest BCUT2D eigenvalue weighted by atomic mass is 16.2. The minimum absolute atomic E-state index is 0.127. The van der Waals surface area contributed by atoms with Gasteiger partial charge in [0.1, 0.15) is 12.4 Å². The Bertz CT molecular complexity index is 728. The first-order valence-corrected chi connectivity index (χ1v) is 8.59. The molecule has 2 aromatic heterocycles. The van der Waals surface area contributed by atoms with Gasteiger partial charge in [0.25, 0.3) is 0 Å². The van der Waals surface area contributed by atoms with Crippen molar-refractivity contribution < 1.29 is 9.59 Å². The molecule has 1 fully saturated rings. The van der Waals surface area contributed by atoms with Crippen molar-refractivity contribution in [3.8, 4) is 0 Å². The summed E-state index contributed by atoms with van der Waals surface area (Å²) in [5.41, 5.74) is 6.42. The van der Waals surface area contributed by atoms with Gasteiger partial charge >= 0.3 is 0 Å². The zero-order chi connectivity index (χ0) is 17.6. The summed E-state index contributed by atoms with van der Waals surface area (Å²) in [6.45, 7) is 1.55.